The van der Waals surface area contributed by atoms with E-state index in [0.717, 1.165) is 26.9 Å². The minimum Gasteiger partial charge on any atom is -0.490 e. The van der Waals surface area contributed by atoms with Crippen LogP contribution in [0, 0.1) is 0 Å². The summed E-state index contributed by atoms with van der Waals surface area (Å²) >= 11 is 1.50. The number of thiazole rings is 1. The van der Waals surface area contributed by atoms with E-state index in [9.17, 15) is 4.79 Å². The molecule has 172 valence electrons. The molecule has 5 rings (SSSR count). The summed E-state index contributed by atoms with van der Waals surface area (Å²) in [5.74, 6) is 0.915. The third-order valence-electron chi connectivity index (χ3n) is 5.60. The van der Waals surface area contributed by atoms with Crippen LogP contribution in [0.4, 0.5) is 5.13 Å². The highest BCUT2D eigenvalue weighted by Gasteiger charge is 2.26. The van der Waals surface area contributed by atoms with Gasteiger partial charge in [0.15, 0.2) is 22.2 Å². The molecule has 0 aliphatic carbocycles. The van der Waals surface area contributed by atoms with Gasteiger partial charge < -0.3 is 9.15 Å². The molecule has 0 bridgehead atoms. The van der Waals surface area contributed by atoms with Gasteiger partial charge in [-0.25, -0.2) is 4.98 Å². The molecule has 0 unspecified atom stereocenters. The number of rotatable bonds is 7. The Morgan fingerprint density at radius 2 is 1.97 bits per heavy atom. The van der Waals surface area contributed by atoms with Crippen molar-refractivity contribution in [2.75, 3.05) is 11.5 Å². The lowest BCUT2D eigenvalue weighted by Crippen LogP contribution is -2.30. The second kappa shape index (κ2) is 9.27. The van der Waals surface area contributed by atoms with Crippen LogP contribution in [0.3, 0.4) is 0 Å². The van der Waals surface area contributed by atoms with Gasteiger partial charge in [0, 0.05) is 11.6 Å². The van der Waals surface area contributed by atoms with Crippen LogP contribution in [0.2, 0.25) is 0 Å². The van der Waals surface area contributed by atoms with Gasteiger partial charge in [0.2, 0.25) is 0 Å². The van der Waals surface area contributed by atoms with Gasteiger partial charge in [-0.05, 0) is 48.7 Å². The highest BCUT2D eigenvalue weighted by atomic mass is 32.1. The number of amides is 1. The Labute approximate surface area is 201 Å². The average Bonchev–Trinajstić information content (AvgIpc) is 3.47. The molecule has 6 nitrogen and oxygen atoms in total. The van der Waals surface area contributed by atoms with Gasteiger partial charge in [-0.3, -0.25) is 14.7 Å². The maximum Gasteiger partial charge on any atom is 0.296 e. The molecule has 0 aliphatic rings. The van der Waals surface area contributed by atoms with Crippen molar-refractivity contribution in [3.05, 3.63) is 83.9 Å². The topological polar surface area (TPSA) is 68.5 Å². The van der Waals surface area contributed by atoms with Gasteiger partial charge in [-0.1, -0.05) is 55.5 Å². The first-order valence-corrected chi connectivity index (χ1v) is 12.1. The Kier molecular flexibility index (Phi) is 6.02. The molecule has 0 radical (unpaired) electrons. The number of anilines is 1. The van der Waals surface area contributed by atoms with Gasteiger partial charge in [0.05, 0.1) is 29.1 Å². The number of pyridine rings is 1. The summed E-state index contributed by atoms with van der Waals surface area (Å²) < 4.78 is 12.8. The van der Waals surface area contributed by atoms with Gasteiger partial charge >= 0.3 is 0 Å². The quantitative estimate of drug-likeness (QED) is 0.261. The number of nitrogens with zero attached hydrogens (tertiary/aromatic N) is 3. The van der Waals surface area contributed by atoms with Crippen molar-refractivity contribution in [2.45, 2.75) is 33.2 Å². The maximum atomic E-state index is 13.8. The molecule has 2 aromatic carbocycles. The van der Waals surface area contributed by atoms with E-state index >= 15 is 0 Å². The Bertz CT molecular complexity index is 1460. The van der Waals surface area contributed by atoms with Crippen molar-refractivity contribution in [1.82, 2.24) is 9.97 Å². The minimum atomic E-state index is -0.269. The Morgan fingerprint density at radius 3 is 2.74 bits per heavy atom. The maximum absolute atomic E-state index is 13.8. The lowest BCUT2D eigenvalue weighted by atomic mass is 10.0. The highest BCUT2D eigenvalue weighted by molar-refractivity contribution is 7.22. The number of benzene rings is 2. The van der Waals surface area contributed by atoms with Crippen molar-refractivity contribution in [3.8, 4) is 5.75 Å². The predicted molar refractivity (Wildman–Crippen MR) is 136 cm³/mol. The van der Waals surface area contributed by atoms with Crippen LogP contribution >= 0.6 is 11.3 Å². The molecule has 0 saturated carbocycles. The van der Waals surface area contributed by atoms with Crippen LogP contribution < -0.4 is 9.64 Å². The molecule has 3 aromatic heterocycles. The summed E-state index contributed by atoms with van der Waals surface area (Å²) in [6, 6.07) is 19.3. The van der Waals surface area contributed by atoms with Gasteiger partial charge in [0.25, 0.3) is 5.91 Å². The molecule has 0 fully saturated rings. The molecule has 34 heavy (non-hydrogen) atoms. The average molecular weight is 472 g/mol. The van der Waals surface area contributed by atoms with Crippen molar-refractivity contribution in [3.63, 3.8) is 0 Å². The second-order valence-electron chi connectivity index (χ2n) is 8.28. The van der Waals surface area contributed by atoms with E-state index in [2.05, 4.69) is 24.9 Å². The van der Waals surface area contributed by atoms with E-state index < -0.39 is 0 Å². The van der Waals surface area contributed by atoms with Crippen molar-refractivity contribution < 1.29 is 13.9 Å². The van der Waals surface area contributed by atoms with E-state index in [4.69, 9.17) is 14.1 Å². The zero-order valence-electron chi connectivity index (χ0n) is 19.3. The number of furan rings is 1. The molecular formula is C27H25N3O3S. The highest BCUT2D eigenvalue weighted by Crippen LogP contribution is 2.36. The van der Waals surface area contributed by atoms with Crippen LogP contribution in [0.1, 0.15) is 48.5 Å². The zero-order valence-corrected chi connectivity index (χ0v) is 20.1. The number of hydrogen-bond acceptors (Lipinski definition) is 6. The normalized spacial score (nSPS) is 11.4. The van der Waals surface area contributed by atoms with E-state index in [0.29, 0.717) is 29.0 Å². The van der Waals surface area contributed by atoms with Crippen LogP contribution in [-0.2, 0) is 6.54 Å². The van der Waals surface area contributed by atoms with Crippen LogP contribution in [-0.4, -0.2) is 22.5 Å². The van der Waals surface area contributed by atoms with E-state index in [1.807, 2.05) is 55.5 Å². The first-order chi connectivity index (χ1) is 16.5. The number of ether oxygens (including phenoxy) is 1. The molecule has 0 spiro atoms. The number of carbonyl (C=O) groups is 1. The first-order valence-electron chi connectivity index (χ1n) is 11.3. The predicted octanol–water partition coefficient (Wildman–Crippen LogP) is 6.81. The third kappa shape index (κ3) is 4.15. The summed E-state index contributed by atoms with van der Waals surface area (Å²) in [4.78, 5) is 24.8. The lowest BCUT2D eigenvalue weighted by Gasteiger charge is -2.18. The molecule has 7 heteroatoms. The number of para-hydroxylation sites is 2. The first kappa shape index (κ1) is 22.1. The number of fused-ring (bicyclic) bond motifs is 2. The Balaban J connectivity index is 1.60. The molecule has 5 aromatic rings. The van der Waals surface area contributed by atoms with Crippen LogP contribution in [0.5, 0.6) is 5.75 Å². The van der Waals surface area contributed by atoms with E-state index in [1.165, 1.54) is 11.3 Å². The molecule has 1 amide bonds. The molecule has 0 atom stereocenters. The number of hydrogen-bond donors (Lipinski definition) is 0. The molecule has 0 saturated heterocycles. The Hall–Kier alpha value is -3.71. The van der Waals surface area contributed by atoms with Crippen LogP contribution in [0.15, 0.2) is 71.3 Å². The lowest BCUT2D eigenvalue weighted by molar-refractivity contribution is 0.0960. The number of carbonyl (C=O) groups excluding carboxylic acids is 1. The number of aromatic nitrogens is 2. The monoisotopic (exact) mass is 471 g/mol. The van der Waals surface area contributed by atoms with Crippen molar-refractivity contribution in [1.29, 1.82) is 0 Å². The fraction of sp³-hybridized carbons (Fsp3) is 0.222. The second-order valence-corrected chi connectivity index (χ2v) is 9.28. The zero-order chi connectivity index (χ0) is 23.7. The van der Waals surface area contributed by atoms with Crippen molar-refractivity contribution in [2.24, 2.45) is 0 Å². The van der Waals surface area contributed by atoms with Crippen LogP contribution in [0.25, 0.3) is 21.2 Å². The van der Waals surface area contributed by atoms with E-state index in [-0.39, 0.29) is 18.2 Å². The van der Waals surface area contributed by atoms with Gasteiger partial charge in [-0.2, -0.15) is 0 Å². The fourth-order valence-corrected chi connectivity index (χ4v) is 4.96. The standard InChI is InChI=1S/C27H25N3O3S/c1-4-32-21-12-7-9-18-15-22(33-25(18)21)26(31)30(16-19-10-5-6-14-28-19)27-29-24-20(17(2)3)11-8-13-23(24)34-27/h5-15,17H,4,16H2,1-3H3. The molecule has 0 N–H and O–H groups in total. The summed E-state index contributed by atoms with van der Waals surface area (Å²) in [6.07, 6.45) is 1.72. The van der Waals surface area contributed by atoms with Gasteiger partial charge in [0.1, 0.15) is 0 Å². The van der Waals surface area contributed by atoms with Crippen molar-refractivity contribution >= 4 is 43.6 Å². The molecule has 3 heterocycles. The Morgan fingerprint density at radius 1 is 1.12 bits per heavy atom. The minimum absolute atomic E-state index is 0.237. The molecular weight excluding hydrogens is 446 g/mol. The fourth-order valence-electron chi connectivity index (χ4n) is 3.96. The largest absolute Gasteiger partial charge is 0.490 e. The summed E-state index contributed by atoms with van der Waals surface area (Å²) in [6.45, 7) is 7.01. The van der Waals surface area contributed by atoms with E-state index in [1.54, 1.807) is 17.2 Å². The smallest absolute Gasteiger partial charge is 0.296 e. The summed E-state index contributed by atoms with van der Waals surface area (Å²) in [5, 5.41) is 1.43. The summed E-state index contributed by atoms with van der Waals surface area (Å²) in [5.41, 5.74) is 3.43. The third-order valence-corrected chi connectivity index (χ3v) is 6.65. The SMILES string of the molecule is CCOc1cccc2cc(C(=O)N(Cc3ccccn3)c3nc4c(C(C)C)cccc4s3)oc12. The van der Waals surface area contributed by atoms with Gasteiger partial charge in [-0.15, -0.1) is 0 Å². The summed E-state index contributed by atoms with van der Waals surface area (Å²) in [7, 11) is 0. The molecule has 0 aliphatic heterocycles.